The summed E-state index contributed by atoms with van der Waals surface area (Å²) in [4.78, 5) is 14.8. The number of anilines is 1. The van der Waals surface area contributed by atoms with Gasteiger partial charge in [-0.1, -0.05) is 11.8 Å². The molecule has 1 saturated heterocycles. The maximum Gasteiger partial charge on any atom is 0.228 e. The van der Waals surface area contributed by atoms with Crippen LogP contribution in [0.15, 0.2) is 23.4 Å². The first kappa shape index (κ1) is 19.5. The van der Waals surface area contributed by atoms with Crippen molar-refractivity contribution in [2.45, 2.75) is 18.6 Å². The number of aromatic nitrogens is 3. The lowest BCUT2D eigenvalue weighted by Gasteiger charge is -2.27. The van der Waals surface area contributed by atoms with Crippen molar-refractivity contribution in [3.05, 3.63) is 23.8 Å². The average molecular weight is 392 g/mol. The zero-order chi connectivity index (χ0) is 19.2. The molecule has 9 heteroatoms. The monoisotopic (exact) mass is 392 g/mol. The zero-order valence-corrected chi connectivity index (χ0v) is 16.6. The first-order chi connectivity index (χ1) is 13.2. The molecule has 3 rings (SSSR count). The summed E-state index contributed by atoms with van der Waals surface area (Å²) in [6, 6.07) is 5.19. The van der Waals surface area contributed by atoms with E-state index in [1.807, 2.05) is 11.5 Å². The van der Waals surface area contributed by atoms with Gasteiger partial charge < -0.3 is 19.1 Å². The minimum atomic E-state index is -0.0296. The lowest BCUT2D eigenvalue weighted by Crippen LogP contribution is -2.38. The Morgan fingerprint density at radius 3 is 2.67 bits per heavy atom. The third-order valence-corrected chi connectivity index (χ3v) is 5.32. The van der Waals surface area contributed by atoms with Crippen molar-refractivity contribution in [1.29, 1.82) is 0 Å². The second-order valence-corrected chi connectivity index (χ2v) is 6.85. The van der Waals surface area contributed by atoms with Gasteiger partial charge in [0.1, 0.15) is 11.5 Å². The molecule has 0 bridgehead atoms. The van der Waals surface area contributed by atoms with Crippen molar-refractivity contribution >= 4 is 23.5 Å². The molecule has 0 spiro atoms. The Morgan fingerprint density at radius 2 is 2.00 bits per heavy atom. The standard InChI is InChI=1S/C18H24N4O4S/c1-4-22-17(21-7-9-26-10-8-21)19-20-18(22)27-12-15(23)14-6-5-13(24-2)11-16(14)25-3/h5-6,11H,4,7-10,12H2,1-3H3. The summed E-state index contributed by atoms with van der Waals surface area (Å²) in [5, 5.41) is 9.35. The fourth-order valence-corrected chi connectivity index (χ4v) is 3.78. The number of rotatable bonds is 8. The second kappa shape index (κ2) is 9.09. The van der Waals surface area contributed by atoms with Crippen molar-refractivity contribution in [2.24, 2.45) is 0 Å². The van der Waals surface area contributed by atoms with Crippen LogP contribution in [-0.2, 0) is 11.3 Å². The minimum absolute atomic E-state index is 0.0296. The van der Waals surface area contributed by atoms with E-state index in [0.717, 1.165) is 30.7 Å². The minimum Gasteiger partial charge on any atom is -0.497 e. The van der Waals surface area contributed by atoms with Crippen LogP contribution >= 0.6 is 11.8 Å². The first-order valence-electron chi connectivity index (χ1n) is 8.81. The highest BCUT2D eigenvalue weighted by atomic mass is 32.2. The van der Waals surface area contributed by atoms with Crippen LogP contribution in [-0.4, -0.2) is 66.8 Å². The smallest absolute Gasteiger partial charge is 0.228 e. The fraction of sp³-hybridized carbons (Fsp3) is 0.500. The number of Topliss-reactive ketones (excluding diaryl/α,β-unsaturated/α-hetero) is 1. The van der Waals surface area contributed by atoms with Crippen LogP contribution in [0.25, 0.3) is 0 Å². The highest BCUT2D eigenvalue weighted by molar-refractivity contribution is 7.99. The van der Waals surface area contributed by atoms with E-state index in [4.69, 9.17) is 14.2 Å². The molecule has 1 aliphatic heterocycles. The van der Waals surface area contributed by atoms with E-state index in [9.17, 15) is 4.79 Å². The summed E-state index contributed by atoms with van der Waals surface area (Å²) in [6.45, 7) is 5.76. The van der Waals surface area contributed by atoms with Crippen LogP contribution in [0.1, 0.15) is 17.3 Å². The number of morpholine rings is 1. The maximum absolute atomic E-state index is 12.7. The van der Waals surface area contributed by atoms with Gasteiger partial charge in [-0.15, -0.1) is 10.2 Å². The van der Waals surface area contributed by atoms with Crippen molar-refractivity contribution in [3.8, 4) is 11.5 Å². The molecule has 1 aromatic carbocycles. The molecule has 2 heterocycles. The molecule has 27 heavy (non-hydrogen) atoms. The Balaban J connectivity index is 1.71. The van der Waals surface area contributed by atoms with Gasteiger partial charge in [-0.25, -0.2) is 0 Å². The van der Waals surface area contributed by atoms with Crippen LogP contribution in [0, 0.1) is 0 Å². The molecule has 1 fully saturated rings. The highest BCUT2D eigenvalue weighted by Gasteiger charge is 2.21. The SMILES string of the molecule is CCn1c(SCC(=O)c2ccc(OC)cc2OC)nnc1N1CCOCC1. The van der Waals surface area contributed by atoms with Crippen LogP contribution in [0.2, 0.25) is 0 Å². The van der Waals surface area contributed by atoms with Gasteiger partial charge in [0.2, 0.25) is 5.95 Å². The summed E-state index contributed by atoms with van der Waals surface area (Å²) in [5.41, 5.74) is 0.529. The predicted molar refractivity (Wildman–Crippen MR) is 103 cm³/mol. The van der Waals surface area contributed by atoms with Crippen LogP contribution in [0.3, 0.4) is 0 Å². The van der Waals surface area contributed by atoms with Crippen LogP contribution in [0.4, 0.5) is 5.95 Å². The zero-order valence-electron chi connectivity index (χ0n) is 15.8. The largest absolute Gasteiger partial charge is 0.497 e. The molecular formula is C18H24N4O4S. The second-order valence-electron chi connectivity index (χ2n) is 5.90. The van der Waals surface area contributed by atoms with Gasteiger partial charge in [-0.2, -0.15) is 0 Å². The van der Waals surface area contributed by atoms with E-state index in [1.165, 1.54) is 11.8 Å². The van der Waals surface area contributed by atoms with Gasteiger partial charge in [0, 0.05) is 25.7 Å². The molecule has 1 aliphatic rings. The van der Waals surface area contributed by atoms with Gasteiger partial charge in [-0.05, 0) is 19.1 Å². The Hall–Kier alpha value is -2.26. The normalized spacial score (nSPS) is 14.3. The van der Waals surface area contributed by atoms with E-state index in [0.29, 0.717) is 30.3 Å². The Bertz CT molecular complexity index is 790. The van der Waals surface area contributed by atoms with E-state index < -0.39 is 0 Å². The number of carbonyl (C=O) groups is 1. The Morgan fingerprint density at radius 1 is 1.22 bits per heavy atom. The van der Waals surface area contributed by atoms with Crippen LogP contribution < -0.4 is 14.4 Å². The van der Waals surface area contributed by atoms with Crippen molar-refractivity contribution in [2.75, 3.05) is 51.2 Å². The van der Waals surface area contributed by atoms with Crippen LogP contribution in [0.5, 0.6) is 11.5 Å². The number of ketones is 1. The number of ether oxygens (including phenoxy) is 3. The van der Waals surface area contributed by atoms with E-state index >= 15 is 0 Å². The lowest BCUT2D eigenvalue weighted by atomic mass is 10.1. The fourth-order valence-electron chi connectivity index (χ4n) is 2.90. The maximum atomic E-state index is 12.7. The quantitative estimate of drug-likeness (QED) is 0.499. The molecule has 8 nitrogen and oxygen atoms in total. The van der Waals surface area contributed by atoms with Gasteiger partial charge >= 0.3 is 0 Å². The Labute approximate surface area is 162 Å². The molecule has 0 N–H and O–H groups in total. The third kappa shape index (κ3) is 4.36. The topological polar surface area (TPSA) is 78.7 Å². The van der Waals surface area contributed by atoms with Crippen molar-refractivity contribution in [3.63, 3.8) is 0 Å². The van der Waals surface area contributed by atoms with Crippen molar-refractivity contribution in [1.82, 2.24) is 14.8 Å². The summed E-state index contributed by atoms with van der Waals surface area (Å²) >= 11 is 1.38. The van der Waals surface area contributed by atoms with E-state index in [2.05, 4.69) is 15.1 Å². The van der Waals surface area contributed by atoms with E-state index in [-0.39, 0.29) is 11.5 Å². The molecule has 146 valence electrons. The number of methoxy groups -OCH3 is 2. The summed E-state index contributed by atoms with van der Waals surface area (Å²) in [7, 11) is 3.12. The summed E-state index contributed by atoms with van der Waals surface area (Å²) in [6.07, 6.45) is 0. The number of hydrogen-bond donors (Lipinski definition) is 0. The molecule has 0 amide bonds. The molecule has 0 saturated carbocycles. The highest BCUT2D eigenvalue weighted by Crippen LogP contribution is 2.28. The van der Waals surface area contributed by atoms with Gasteiger partial charge in [0.15, 0.2) is 10.9 Å². The van der Waals surface area contributed by atoms with Gasteiger partial charge in [0.05, 0.1) is 38.7 Å². The predicted octanol–water partition coefficient (Wildman–Crippen LogP) is 2.13. The molecule has 0 aliphatic carbocycles. The summed E-state index contributed by atoms with van der Waals surface area (Å²) in [5.74, 6) is 2.21. The number of carbonyl (C=O) groups excluding carboxylic acids is 1. The first-order valence-corrected chi connectivity index (χ1v) is 9.80. The molecule has 2 aromatic rings. The average Bonchev–Trinajstić information content (AvgIpc) is 3.15. The number of nitrogens with zero attached hydrogens (tertiary/aromatic N) is 4. The molecular weight excluding hydrogens is 368 g/mol. The molecule has 0 atom stereocenters. The number of benzene rings is 1. The third-order valence-electron chi connectivity index (χ3n) is 4.35. The van der Waals surface area contributed by atoms with Gasteiger partial charge in [-0.3, -0.25) is 9.36 Å². The molecule has 0 radical (unpaired) electrons. The van der Waals surface area contributed by atoms with E-state index in [1.54, 1.807) is 32.4 Å². The molecule has 0 unspecified atom stereocenters. The molecule has 1 aromatic heterocycles. The Kier molecular flexibility index (Phi) is 6.57. The lowest BCUT2D eigenvalue weighted by molar-refractivity contribution is 0.101. The number of hydrogen-bond acceptors (Lipinski definition) is 8. The number of thioether (sulfide) groups is 1. The van der Waals surface area contributed by atoms with Gasteiger partial charge in [0.25, 0.3) is 0 Å². The summed E-state index contributed by atoms with van der Waals surface area (Å²) < 4.78 is 17.9. The van der Waals surface area contributed by atoms with Crippen molar-refractivity contribution < 1.29 is 19.0 Å².